The van der Waals surface area contributed by atoms with Gasteiger partial charge in [0, 0.05) is 36.1 Å². The Bertz CT molecular complexity index is 408. The molecule has 1 N–H and O–H groups in total. The monoisotopic (exact) mass is 279 g/mol. The minimum absolute atomic E-state index is 0.214. The molecule has 0 aliphatic carbocycles. The van der Waals surface area contributed by atoms with Gasteiger partial charge in [0.2, 0.25) is 5.91 Å². The van der Waals surface area contributed by atoms with E-state index in [2.05, 4.69) is 12.1 Å². The average molecular weight is 279 g/mol. The van der Waals surface area contributed by atoms with Crippen LogP contribution in [-0.2, 0) is 4.79 Å². The van der Waals surface area contributed by atoms with E-state index in [1.54, 1.807) is 11.8 Å². The molecule has 0 aromatic heterocycles. The minimum Gasteiger partial charge on any atom is -0.393 e. The van der Waals surface area contributed by atoms with E-state index in [4.69, 9.17) is 0 Å². The van der Waals surface area contributed by atoms with E-state index in [0.717, 1.165) is 18.7 Å². The molecule has 0 bridgehead atoms. The van der Waals surface area contributed by atoms with Gasteiger partial charge in [-0.25, -0.2) is 0 Å². The number of likely N-dealkylation sites (tertiary alicyclic amines) is 1. The molecule has 2 unspecified atom stereocenters. The molecule has 2 rings (SSSR count). The molecule has 1 aromatic carbocycles. The fraction of sp³-hybridized carbons (Fsp3) is 0.533. The van der Waals surface area contributed by atoms with Crippen molar-refractivity contribution in [1.29, 1.82) is 0 Å². The third-order valence-corrected chi connectivity index (χ3v) is 4.60. The van der Waals surface area contributed by atoms with Gasteiger partial charge in [-0.05, 0) is 25.5 Å². The van der Waals surface area contributed by atoms with Gasteiger partial charge < -0.3 is 10.0 Å². The number of aliphatic hydroxyl groups excluding tert-OH is 1. The van der Waals surface area contributed by atoms with E-state index >= 15 is 0 Å². The highest BCUT2D eigenvalue weighted by Crippen LogP contribution is 2.22. The van der Waals surface area contributed by atoms with Gasteiger partial charge in [-0.3, -0.25) is 4.79 Å². The number of aliphatic hydroxyl groups is 1. The lowest BCUT2D eigenvalue weighted by Gasteiger charge is -2.17. The molecule has 1 fully saturated rings. The predicted molar refractivity (Wildman–Crippen MR) is 78.2 cm³/mol. The van der Waals surface area contributed by atoms with Crippen molar-refractivity contribution in [2.75, 3.05) is 18.8 Å². The Morgan fingerprint density at radius 2 is 2.21 bits per heavy atom. The molecule has 0 radical (unpaired) electrons. The summed E-state index contributed by atoms with van der Waals surface area (Å²) in [4.78, 5) is 15.1. The van der Waals surface area contributed by atoms with Crippen molar-refractivity contribution in [2.24, 2.45) is 5.92 Å². The summed E-state index contributed by atoms with van der Waals surface area (Å²) < 4.78 is 0. The molecular weight excluding hydrogens is 258 g/mol. The summed E-state index contributed by atoms with van der Waals surface area (Å²) in [6, 6.07) is 10.1. The average Bonchev–Trinajstić information content (AvgIpc) is 2.89. The predicted octanol–water partition coefficient (Wildman–Crippen LogP) is 2.40. The van der Waals surface area contributed by atoms with Crippen molar-refractivity contribution in [2.45, 2.75) is 30.8 Å². The Labute approximate surface area is 119 Å². The molecule has 1 aromatic rings. The van der Waals surface area contributed by atoms with Crippen molar-refractivity contribution in [3.8, 4) is 0 Å². The highest BCUT2D eigenvalue weighted by Gasteiger charge is 2.28. The maximum absolute atomic E-state index is 12.0. The van der Waals surface area contributed by atoms with Crippen LogP contribution in [0, 0.1) is 5.92 Å². The third kappa shape index (κ3) is 4.25. The largest absolute Gasteiger partial charge is 0.393 e. The number of rotatable bonds is 5. The lowest BCUT2D eigenvalue weighted by molar-refractivity contribution is -0.129. The lowest BCUT2D eigenvalue weighted by atomic mass is 10.0. The fourth-order valence-corrected chi connectivity index (χ4v) is 3.20. The first-order valence-corrected chi connectivity index (χ1v) is 7.79. The lowest BCUT2D eigenvalue weighted by Crippen LogP contribution is -2.30. The first-order valence-electron chi connectivity index (χ1n) is 6.80. The highest BCUT2D eigenvalue weighted by molar-refractivity contribution is 7.99. The van der Waals surface area contributed by atoms with Crippen molar-refractivity contribution in [1.82, 2.24) is 4.90 Å². The number of nitrogens with zero attached hydrogens (tertiary/aromatic N) is 1. The molecular formula is C15H21NO2S. The van der Waals surface area contributed by atoms with Crippen LogP contribution in [0.2, 0.25) is 0 Å². The molecule has 0 spiro atoms. The van der Waals surface area contributed by atoms with Crippen molar-refractivity contribution in [3.63, 3.8) is 0 Å². The molecule has 4 heteroatoms. The number of carbonyl (C=O) groups excluding carboxylic acids is 1. The summed E-state index contributed by atoms with van der Waals surface area (Å²) in [6.45, 7) is 3.32. The minimum atomic E-state index is -0.309. The normalized spacial score (nSPS) is 20.5. The zero-order valence-electron chi connectivity index (χ0n) is 11.3. The van der Waals surface area contributed by atoms with E-state index in [9.17, 15) is 9.90 Å². The van der Waals surface area contributed by atoms with Crippen LogP contribution < -0.4 is 0 Å². The number of amides is 1. The van der Waals surface area contributed by atoms with Gasteiger partial charge in [0.05, 0.1) is 6.10 Å². The number of carbonyl (C=O) groups is 1. The molecule has 19 heavy (non-hydrogen) atoms. The Morgan fingerprint density at radius 3 is 2.84 bits per heavy atom. The standard InChI is InChI=1S/C15H21NO2S/c1-12(17)13-7-9-16(11-13)15(18)8-10-19-14-5-3-2-4-6-14/h2-6,12-13,17H,7-11H2,1H3. The molecule has 3 nitrogen and oxygen atoms in total. The van der Waals surface area contributed by atoms with Crippen LogP contribution in [0.1, 0.15) is 19.8 Å². The van der Waals surface area contributed by atoms with Crippen LogP contribution in [0.4, 0.5) is 0 Å². The first kappa shape index (κ1) is 14.4. The van der Waals surface area contributed by atoms with E-state index in [-0.39, 0.29) is 17.9 Å². The molecule has 1 saturated heterocycles. The van der Waals surface area contributed by atoms with Gasteiger partial charge >= 0.3 is 0 Å². The number of hydrogen-bond donors (Lipinski definition) is 1. The Balaban J connectivity index is 1.71. The molecule has 1 heterocycles. The zero-order chi connectivity index (χ0) is 13.7. The van der Waals surface area contributed by atoms with E-state index in [1.807, 2.05) is 30.0 Å². The Kier molecular flexibility index (Phi) is 5.28. The summed E-state index contributed by atoms with van der Waals surface area (Å²) in [5.74, 6) is 1.29. The second-order valence-electron chi connectivity index (χ2n) is 5.04. The fourth-order valence-electron chi connectivity index (χ4n) is 2.34. The molecule has 1 aliphatic heterocycles. The van der Waals surface area contributed by atoms with Gasteiger partial charge in [-0.2, -0.15) is 0 Å². The topological polar surface area (TPSA) is 40.5 Å². The number of benzene rings is 1. The summed E-state index contributed by atoms with van der Waals surface area (Å²) in [7, 11) is 0. The van der Waals surface area contributed by atoms with Crippen LogP contribution in [0.5, 0.6) is 0 Å². The van der Waals surface area contributed by atoms with E-state index in [1.165, 1.54) is 4.90 Å². The molecule has 1 aliphatic rings. The highest BCUT2D eigenvalue weighted by atomic mass is 32.2. The van der Waals surface area contributed by atoms with Crippen molar-refractivity contribution in [3.05, 3.63) is 30.3 Å². The Morgan fingerprint density at radius 1 is 1.47 bits per heavy atom. The molecule has 104 valence electrons. The summed E-state index contributed by atoms with van der Waals surface area (Å²) >= 11 is 1.72. The van der Waals surface area contributed by atoms with Crippen LogP contribution in [-0.4, -0.2) is 40.9 Å². The SMILES string of the molecule is CC(O)C1CCN(C(=O)CCSc2ccccc2)C1. The van der Waals surface area contributed by atoms with Gasteiger partial charge in [0.15, 0.2) is 0 Å². The van der Waals surface area contributed by atoms with Crippen molar-refractivity contribution < 1.29 is 9.90 Å². The smallest absolute Gasteiger partial charge is 0.223 e. The summed E-state index contributed by atoms with van der Waals surface area (Å²) in [5, 5.41) is 9.53. The second-order valence-corrected chi connectivity index (χ2v) is 6.21. The van der Waals surface area contributed by atoms with Crippen LogP contribution in [0.3, 0.4) is 0 Å². The first-order chi connectivity index (χ1) is 9.16. The van der Waals surface area contributed by atoms with Crippen LogP contribution >= 0.6 is 11.8 Å². The molecule has 2 atom stereocenters. The van der Waals surface area contributed by atoms with Crippen molar-refractivity contribution >= 4 is 17.7 Å². The summed E-state index contributed by atoms with van der Waals surface area (Å²) in [6.07, 6.45) is 1.19. The van der Waals surface area contributed by atoms with Gasteiger partial charge in [-0.15, -0.1) is 11.8 Å². The maximum atomic E-state index is 12.0. The zero-order valence-corrected chi connectivity index (χ0v) is 12.1. The van der Waals surface area contributed by atoms with Crippen LogP contribution in [0.15, 0.2) is 35.2 Å². The summed E-state index contributed by atoms with van der Waals surface area (Å²) in [5.41, 5.74) is 0. The number of hydrogen-bond acceptors (Lipinski definition) is 3. The quantitative estimate of drug-likeness (QED) is 0.841. The molecule has 1 amide bonds. The number of thioether (sulfide) groups is 1. The maximum Gasteiger partial charge on any atom is 0.223 e. The second kappa shape index (κ2) is 6.96. The van der Waals surface area contributed by atoms with Gasteiger partial charge in [0.1, 0.15) is 0 Å². The molecule has 0 saturated carbocycles. The van der Waals surface area contributed by atoms with E-state index in [0.29, 0.717) is 13.0 Å². The Hall–Kier alpha value is -1.00. The van der Waals surface area contributed by atoms with Crippen LogP contribution in [0.25, 0.3) is 0 Å². The van der Waals surface area contributed by atoms with Gasteiger partial charge in [-0.1, -0.05) is 18.2 Å². The third-order valence-electron chi connectivity index (χ3n) is 3.59. The van der Waals surface area contributed by atoms with Gasteiger partial charge in [0.25, 0.3) is 0 Å². The van der Waals surface area contributed by atoms with E-state index < -0.39 is 0 Å².